The lowest BCUT2D eigenvalue weighted by molar-refractivity contribution is -0.127. The molecule has 660 valence electrons. The standard InChI is InChI=1S/C104H84N8O20/c113-99(109-61-9-3-1-4-10-61)97(79-13-7-39-119-79)111-101(115)75-49-81(125-63-15-23-67(24-16-63)129-85-45-57(31-35-105-85)41-71-53-121-71)91-93-83(127-65-19-27-69(28-20-65)131-87-47-59(33-37-107-87)43-73-55-123-73)51-77-90-78(104(118)112(103(77)117)98(80-14-8-40-120-80)100(114)110-62-11-5-2-6-12-62)52-84(128-66-21-29-70(30-22-66)132-88-48-60(34-38-108-88)44-74-56-124-74)94(96(90)93)92-82(50-76(102(111)116)89(75)95(91)92)126-64-17-25-68(26-18-64)130-86-46-58(32-36-106-86)42-72-54-122-72/h7-8,13-40,45-52,61-62,71-74,97-98H,1-6,9-12,41-44,53-56H2,(H,109,113)(H,110,114). The van der Waals surface area contributed by atoms with Crippen molar-refractivity contribution in [3.63, 3.8) is 0 Å². The molecular weight excluding hydrogens is 1680 g/mol. The van der Waals surface area contributed by atoms with Crippen molar-refractivity contribution in [3.8, 4) is 92.5 Å². The molecule has 2 aliphatic carbocycles. The fraction of sp³-hybridized carbons (Fsp3) is 0.250. The van der Waals surface area contributed by atoms with E-state index in [1.54, 1.807) is 146 Å². The first-order valence-corrected chi connectivity index (χ1v) is 44.7. The van der Waals surface area contributed by atoms with Crippen LogP contribution in [0.1, 0.15) is 151 Å². The molecule has 2 saturated carbocycles. The largest absolute Gasteiger partial charge is 0.467 e. The molecule has 0 spiro atoms. The van der Waals surface area contributed by atoms with Gasteiger partial charge in [-0.1, -0.05) is 38.5 Å². The van der Waals surface area contributed by atoms with Crippen molar-refractivity contribution in [2.24, 2.45) is 0 Å². The van der Waals surface area contributed by atoms with E-state index in [1.807, 2.05) is 48.5 Å². The molecule has 0 radical (unpaired) electrons. The first-order chi connectivity index (χ1) is 64.8. The van der Waals surface area contributed by atoms with E-state index >= 15 is 28.8 Å². The van der Waals surface area contributed by atoms with Gasteiger partial charge in [0.2, 0.25) is 23.5 Å². The molecule has 28 nitrogen and oxygen atoms in total. The van der Waals surface area contributed by atoms with E-state index in [4.69, 9.17) is 65.7 Å². The van der Waals surface area contributed by atoms with Gasteiger partial charge in [-0.3, -0.25) is 38.6 Å². The predicted octanol–water partition coefficient (Wildman–Crippen LogP) is 20.2. The van der Waals surface area contributed by atoms with Crippen LogP contribution < -0.4 is 48.5 Å². The van der Waals surface area contributed by atoms with E-state index in [0.717, 1.165) is 70.6 Å². The van der Waals surface area contributed by atoms with Crippen LogP contribution in [0.3, 0.4) is 0 Å². The number of fused-ring (bicyclic) bond motifs is 2. The summed E-state index contributed by atoms with van der Waals surface area (Å²) in [7, 11) is 0. The third kappa shape index (κ3) is 16.7. The van der Waals surface area contributed by atoms with Crippen molar-refractivity contribution >= 4 is 78.5 Å². The van der Waals surface area contributed by atoms with Crippen molar-refractivity contribution in [1.29, 1.82) is 0 Å². The predicted molar refractivity (Wildman–Crippen MR) is 479 cm³/mol. The van der Waals surface area contributed by atoms with Crippen molar-refractivity contribution in [2.75, 3.05) is 26.4 Å². The summed E-state index contributed by atoms with van der Waals surface area (Å²) in [6.45, 7) is 2.66. The van der Waals surface area contributed by atoms with Crippen molar-refractivity contribution < 1.29 is 94.4 Å². The highest BCUT2D eigenvalue weighted by Crippen LogP contribution is 2.59. The maximum Gasteiger partial charge on any atom is 0.262 e. The molecule has 6 amide bonds. The summed E-state index contributed by atoms with van der Waals surface area (Å²) < 4.78 is 90.1. The van der Waals surface area contributed by atoms with Crippen molar-refractivity contribution in [3.05, 3.63) is 287 Å². The lowest BCUT2D eigenvalue weighted by Gasteiger charge is -2.36. The van der Waals surface area contributed by atoms with Gasteiger partial charge in [-0.25, -0.2) is 19.9 Å². The average Bonchev–Trinajstić information content (AvgIpc) is 1.04. The van der Waals surface area contributed by atoms with Gasteiger partial charge in [0.05, 0.1) is 85.6 Å². The molecule has 23 rings (SSSR count). The summed E-state index contributed by atoms with van der Waals surface area (Å²) in [5.41, 5.74) is 3.46. The number of carbonyl (C=O) groups is 6. The molecule has 2 N–H and O–H groups in total. The molecule has 6 fully saturated rings. The lowest BCUT2D eigenvalue weighted by Crippen LogP contribution is -2.50. The van der Waals surface area contributed by atoms with Crippen molar-refractivity contribution in [2.45, 2.75) is 138 Å². The zero-order valence-electron chi connectivity index (χ0n) is 71.1. The Morgan fingerprint density at radius 1 is 0.318 bits per heavy atom. The number of carbonyl (C=O) groups excluding carboxylic acids is 6. The number of hydrogen-bond acceptors (Lipinski definition) is 24. The number of amides is 6. The SMILES string of the molecule is O=C(NC1CCCCC1)C(c1ccco1)N1C(=O)c2cc(Oc3ccc(Oc4cc(CC5CO5)ccn4)cc3)c3c4c(Oc5ccc(Oc6cc(CC7CO7)ccn6)cc5)cc5c6c(cc(Oc7ccc(Oc8cc(CC9CO9)ccn8)cc7)c(c7c(Oc8ccc(Oc9cc(CC%10CO%10)ccn9)cc8)cc(c2c37)C1=O)c64)C(=O)N(C(C(=O)NC1CCCCC1)c1ccco1)C5=O. The molecule has 4 saturated heterocycles. The Bertz CT molecular complexity index is 6250. The van der Waals surface area contributed by atoms with Crippen LogP contribution in [0.25, 0.3) is 43.1 Å². The number of ether oxygens (including phenoxy) is 12. The Balaban J connectivity index is 0.776. The highest BCUT2D eigenvalue weighted by Gasteiger charge is 2.49. The number of rotatable bonds is 32. The molecular formula is C104H84N8O20. The smallest absolute Gasteiger partial charge is 0.262 e. The molecule has 6 atom stereocenters. The zero-order chi connectivity index (χ0) is 88.6. The second kappa shape index (κ2) is 34.4. The van der Waals surface area contributed by atoms with E-state index in [0.29, 0.717) is 124 Å². The van der Waals surface area contributed by atoms with Crippen LogP contribution in [-0.2, 0) is 54.2 Å². The second-order valence-corrected chi connectivity index (χ2v) is 34.5. The highest BCUT2D eigenvalue weighted by atomic mass is 16.6. The Kier molecular flexibility index (Phi) is 21.2. The molecule has 6 unspecified atom stereocenters. The maximum atomic E-state index is 16.9. The Labute approximate surface area is 754 Å². The van der Waals surface area contributed by atoms with Crippen LogP contribution in [0.15, 0.2) is 240 Å². The minimum absolute atomic E-state index is 0.00399. The monoisotopic (exact) mass is 1760 g/mol. The minimum atomic E-state index is -1.68. The molecule has 28 heteroatoms. The van der Waals surface area contributed by atoms with Gasteiger partial charge in [0, 0.05) is 130 Å². The maximum absolute atomic E-state index is 16.9. The van der Waals surface area contributed by atoms with E-state index in [9.17, 15) is 0 Å². The number of hydrogen-bond donors (Lipinski definition) is 2. The Hall–Kier alpha value is -15.1. The molecule has 132 heavy (non-hydrogen) atoms. The van der Waals surface area contributed by atoms with Gasteiger partial charge in [-0.2, -0.15) is 0 Å². The third-order valence-electron chi connectivity index (χ3n) is 25.3. The fourth-order valence-corrected chi connectivity index (χ4v) is 18.7. The van der Waals surface area contributed by atoms with Gasteiger partial charge >= 0.3 is 0 Å². The number of pyridine rings is 4. The summed E-state index contributed by atoms with van der Waals surface area (Å²) in [6, 6.07) is 50.6. The van der Waals surface area contributed by atoms with E-state index in [2.05, 4.69) is 30.6 Å². The number of nitrogens with one attached hydrogen (secondary N) is 2. The van der Waals surface area contributed by atoms with E-state index in [1.165, 1.54) is 36.8 Å². The minimum Gasteiger partial charge on any atom is -0.467 e. The fourth-order valence-electron chi connectivity index (χ4n) is 18.7. The third-order valence-corrected chi connectivity index (χ3v) is 25.3. The molecule has 6 aromatic heterocycles. The van der Waals surface area contributed by atoms with Gasteiger partial charge in [0.1, 0.15) is 80.5 Å². The quantitative estimate of drug-likeness (QED) is 0.0171. The zero-order valence-corrected chi connectivity index (χ0v) is 71.1. The van der Waals surface area contributed by atoms with Gasteiger partial charge in [-0.15, -0.1) is 0 Å². The highest BCUT2D eigenvalue weighted by molar-refractivity contribution is 6.45. The van der Waals surface area contributed by atoms with Crippen LogP contribution in [-0.4, -0.2) is 128 Å². The summed E-state index contributed by atoms with van der Waals surface area (Å²) in [4.78, 5) is 119. The second-order valence-electron chi connectivity index (χ2n) is 34.5. The molecule has 0 bridgehead atoms. The summed E-state index contributed by atoms with van der Waals surface area (Å²) >= 11 is 0. The first kappa shape index (κ1) is 81.4. The van der Waals surface area contributed by atoms with Crippen LogP contribution in [0.2, 0.25) is 0 Å². The number of nitrogens with zero attached hydrogens (tertiary/aromatic N) is 6. The lowest BCUT2D eigenvalue weighted by atomic mass is 9.80. The van der Waals surface area contributed by atoms with Gasteiger partial charge in [0.15, 0.2) is 12.1 Å². The Morgan fingerprint density at radius 3 is 0.803 bits per heavy atom. The summed E-state index contributed by atoms with van der Waals surface area (Å²) in [5.74, 6) is -1.46. The van der Waals surface area contributed by atoms with Crippen LogP contribution in [0.4, 0.5) is 0 Å². The summed E-state index contributed by atoms with van der Waals surface area (Å²) in [5, 5.41) is 7.47. The van der Waals surface area contributed by atoms with E-state index in [-0.39, 0.29) is 159 Å². The van der Waals surface area contributed by atoms with Crippen LogP contribution in [0, 0.1) is 0 Å². The number of benzene rings is 9. The average molecular weight is 1770 g/mol. The van der Waals surface area contributed by atoms with Crippen molar-refractivity contribution in [1.82, 2.24) is 40.4 Å². The number of epoxide rings is 4. The molecule has 9 aromatic carbocycles. The number of aromatic nitrogens is 4. The first-order valence-electron chi connectivity index (χ1n) is 44.7. The Morgan fingerprint density at radius 2 is 0.568 bits per heavy atom. The normalized spacial score (nSPS) is 18.5. The molecule has 12 heterocycles. The number of imide groups is 2. The molecule has 15 aromatic rings. The van der Waals surface area contributed by atoms with Crippen LogP contribution >= 0.6 is 0 Å². The van der Waals surface area contributed by atoms with Crippen LogP contribution in [0.5, 0.6) is 92.5 Å². The number of furan rings is 2. The van der Waals surface area contributed by atoms with Gasteiger partial charge < -0.3 is 76.3 Å². The summed E-state index contributed by atoms with van der Waals surface area (Å²) in [6.07, 6.45) is 20.6. The van der Waals surface area contributed by atoms with E-state index < -0.39 is 47.5 Å². The van der Waals surface area contributed by atoms with Gasteiger partial charge in [0.25, 0.3) is 35.4 Å². The molecule has 8 aliphatic rings. The topological polar surface area (TPSA) is 335 Å². The molecule has 6 aliphatic heterocycles. The van der Waals surface area contributed by atoms with Gasteiger partial charge in [-0.05, 0) is 218 Å².